The molecule has 9 N–H and O–H groups in total. The summed E-state index contributed by atoms with van der Waals surface area (Å²) in [6.45, 7) is 0.221. The predicted molar refractivity (Wildman–Crippen MR) is 127 cm³/mol. The summed E-state index contributed by atoms with van der Waals surface area (Å²) in [5.41, 5.74) is 12.4. The Morgan fingerprint density at radius 1 is 1.05 bits per heavy atom. The van der Waals surface area contributed by atoms with Gasteiger partial charge < -0.3 is 42.1 Å². The van der Waals surface area contributed by atoms with E-state index in [9.17, 15) is 29.1 Å². The highest BCUT2D eigenvalue weighted by molar-refractivity contribution is 5.94. The minimum atomic E-state index is -1.24. The third kappa shape index (κ3) is 7.60. The van der Waals surface area contributed by atoms with Gasteiger partial charge in [0.2, 0.25) is 23.6 Å². The number of H-pyrrole nitrogens is 2. The first-order valence-electron chi connectivity index (χ1n) is 11.8. The van der Waals surface area contributed by atoms with E-state index in [1.165, 1.54) is 29.9 Å². The Kier molecular flexibility index (Phi) is 9.32. The topological polar surface area (TPSA) is 242 Å². The van der Waals surface area contributed by atoms with Gasteiger partial charge in [-0.1, -0.05) is 0 Å². The number of nitrogens with two attached hydrogens (primary N) is 2. The van der Waals surface area contributed by atoms with Crippen LogP contribution in [0, 0.1) is 0 Å². The summed E-state index contributed by atoms with van der Waals surface area (Å²) < 4.78 is 0. The Bertz CT molecular complexity index is 1090. The second-order valence-corrected chi connectivity index (χ2v) is 8.82. The Labute approximate surface area is 211 Å². The van der Waals surface area contributed by atoms with Crippen molar-refractivity contribution in [2.45, 2.75) is 62.7 Å². The number of hydrogen-bond acceptors (Lipinski definition) is 8. The van der Waals surface area contributed by atoms with Crippen LogP contribution in [0.2, 0.25) is 0 Å². The van der Waals surface area contributed by atoms with Crippen LogP contribution in [0.15, 0.2) is 25.0 Å². The van der Waals surface area contributed by atoms with Crippen molar-refractivity contribution < 1.29 is 29.1 Å². The van der Waals surface area contributed by atoms with Gasteiger partial charge in [-0.25, -0.2) is 14.8 Å². The molecule has 37 heavy (non-hydrogen) atoms. The van der Waals surface area contributed by atoms with Crippen LogP contribution >= 0.6 is 0 Å². The maximum atomic E-state index is 13.4. The molecule has 2 aromatic heterocycles. The monoisotopic (exact) mass is 517 g/mol. The molecule has 1 fully saturated rings. The molecule has 3 rings (SSSR count). The number of carbonyl (C=O) groups excluding carboxylic acids is 4. The zero-order chi connectivity index (χ0) is 26.9. The number of carboxylic acids is 1. The summed E-state index contributed by atoms with van der Waals surface area (Å²) in [5.74, 6) is -3.73. The molecule has 4 amide bonds. The maximum Gasteiger partial charge on any atom is 0.326 e. The summed E-state index contributed by atoms with van der Waals surface area (Å²) in [5, 5.41) is 14.6. The largest absolute Gasteiger partial charge is 0.480 e. The van der Waals surface area contributed by atoms with E-state index in [-0.39, 0.29) is 32.2 Å². The van der Waals surface area contributed by atoms with E-state index in [2.05, 4.69) is 30.6 Å². The average Bonchev–Trinajstić information content (AvgIpc) is 3.63. The van der Waals surface area contributed by atoms with Gasteiger partial charge in [0.25, 0.3) is 0 Å². The molecule has 3 heterocycles. The van der Waals surface area contributed by atoms with Crippen LogP contribution in [-0.4, -0.2) is 90.3 Å². The molecule has 0 aliphatic carbocycles. The van der Waals surface area contributed by atoms with Crippen molar-refractivity contribution in [3.63, 3.8) is 0 Å². The zero-order valence-corrected chi connectivity index (χ0v) is 20.1. The molecule has 0 spiro atoms. The van der Waals surface area contributed by atoms with Gasteiger partial charge in [0, 0.05) is 49.6 Å². The van der Waals surface area contributed by atoms with E-state index in [1.54, 1.807) is 0 Å². The quantitative estimate of drug-likeness (QED) is 0.149. The number of primary amides is 1. The molecule has 4 unspecified atom stereocenters. The van der Waals surface area contributed by atoms with Crippen molar-refractivity contribution in [2.75, 3.05) is 6.54 Å². The smallest absolute Gasteiger partial charge is 0.326 e. The number of carboxylic acid groups (broad SMARTS) is 1. The van der Waals surface area contributed by atoms with E-state index in [0.29, 0.717) is 24.2 Å². The van der Waals surface area contributed by atoms with E-state index in [4.69, 9.17) is 11.5 Å². The van der Waals surface area contributed by atoms with Crippen LogP contribution in [0.5, 0.6) is 0 Å². The molecular weight excluding hydrogens is 486 g/mol. The molecule has 2 aromatic rings. The molecule has 15 nitrogen and oxygen atoms in total. The van der Waals surface area contributed by atoms with Crippen LogP contribution in [-0.2, 0) is 36.8 Å². The molecule has 15 heteroatoms. The fourth-order valence-corrected chi connectivity index (χ4v) is 4.14. The highest BCUT2D eigenvalue weighted by Crippen LogP contribution is 2.20. The molecular formula is C22H31N9O6. The number of aromatic amines is 2. The Balaban J connectivity index is 1.68. The molecule has 1 aliphatic heterocycles. The highest BCUT2D eigenvalue weighted by atomic mass is 16.4. The van der Waals surface area contributed by atoms with E-state index in [1.807, 2.05) is 0 Å². The Hall–Kier alpha value is -4.27. The second-order valence-electron chi connectivity index (χ2n) is 8.82. The third-order valence-electron chi connectivity index (χ3n) is 6.06. The lowest BCUT2D eigenvalue weighted by Crippen LogP contribution is -2.57. The van der Waals surface area contributed by atoms with Crippen molar-refractivity contribution in [3.8, 4) is 0 Å². The van der Waals surface area contributed by atoms with Gasteiger partial charge in [-0.3, -0.25) is 19.2 Å². The first-order chi connectivity index (χ1) is 17.7. The van der Waals surface area contributed by atoms with Crippen molar-refractivity contribution >= 4 is 29.6 Å². The van der Waals surface area contributed by atoms with E-state index in [0.717, 1.165) is 0 Å². The Morgan fingerprint density at radius 2 is 1.70 bits per heavy atom. The third-order valence-corrected chi connectivity index (χ3v) is 6.06. The lowest BCUT2D eigenvalue weighted by atomic mass is 10.1. The summed E-state index contributed by atoms with van der Waals surface area (Å²) in [6.07, 6.45) is 6.49. The van der Waals surface area contributed by atoms with Crippen LogP contribution in [0.4, 0.5) is 0 Å². The SMILES string of the molecule is NC(=O)CCC(NC(=O)C(N)Cc1cnc[nH]1)C(=O)N1CCCC1C(=O)NC(Cc1cnc[nH]1)C(=O)O. The zero-order valence-electron chi connectivity index (χ0n) is 20.1. The van der Waals surface area contributed by atoms with Gasteiger partial charge in [0.15, 0.2) is 0 Å². The summed E-state index contributed by atoms with van der Waals surface area (Å²) >= 11 is 0. The summed E-state index contributed by atoms with van der Waals surface area (Å²) in [7, 11) is 0. The van der Waals surface area contributed by atoms with Gasteiger partial charge in [0.1, 0.15) is 18.1 Å². The van der Waals surface area contributed by atoms with E-state index < -0.39 is 53.8 Å². The lowest BCUT2D eigenvalue weighted by Gasteiger charge is -2.30. The molecule has 0 bridgehead atoms. The number of nitrogens with zero attached hydrogens (tertiary/aromatic N) is 3. The number of aliphatic carboxylic acids is 1. The number of hydrogen-bond donors (Lipinski definition) is 7. The minimum Gasteiger partial charge on any atom is -0.480 e. The van der Waals surface area contributed by atoms with Crippen LogP contribution in [0.1, 0.15) is 37.1 Å². The molecule has 1 saturated heterocycles. The number of imidazole rings is 2. The molecule has 0 radical (unpaired) electrons. The minimum absolute atomic E-state index is 0.0206. The fourth-order valence-electron chi connectivity index (χ4n) is 4.14. The highest BCUT2D eigenvalue weighted by Gasteiger charge is 2.39. The number of likely N-dealkylation sites (tertiary alicyclic amines) is 1. The number of nitrogens with one attached hydrogen (secondary N) is 4. The average molecular weight is 518 g/mol. The van der Waals surface area contributed by atoms with Crippen LogP contribution in [0.3, 0.4) is 0 Å². The number of amides is 4. The van der Waals surface area contributed by atoms with Crippen molar-refractivity contribution in [3.05, 3.63) is 36.4 Å². The van der Waals surface area contributed by atoms with Crippen molar-refractivity contribution in [2.24, 2.45) is 11.5 Å². The fraction of sp³-hybridized carbons (Fsp3) is 0.500. The molecule has 200 valence electrons. The van der Waals surface area contributed by atoms with Crippen LogP contribution in [0.25, 0.3) is 0 Å². The summed E-state index contributed by atoms with van der Waals surface area (Å²) in [4.78, 5) is 76.9. The van der Waals surface area contributed by atoms with Gasteiger partial charge in [-0.15, -0.1) is 0 Å². The first-order valence-corrected chi connectivity index (χ1v) is 11.8. The molecule has 1 aliphatic rings. The van der Waals surface area contributed by atoms with Gasteiger partial charge in [-0.2, -0.15) is 0 Å². The second kappa shape index (κ2) is 12.6. The van der Waals surface area contributed by atoms with Crippen LogP contribution < -0.4 is 22.1 Å². The normalized spacial score (nSPS) is 17.5. The Morgan fingerprint density at radius 3 is 2.27 bits per heavy atom. The first kappa shape index (κ1) is 27.3. The van der Waals surface area contributed by atoms with Gasteiger partial charge in [-0.05, 0) is 19.3 Å². The molecule has 0 aromatic carbocycles. The molecule has 4 atom stereocenters. The number of carbonyl (C=O) groups is 5. The number of aromatic nitrogens is 4. The van der Waals surface area contributed by atoms with E-state index >= 15 is 0 Å². The van der Waals surface area contributed by atoms with Gasteiger partial charge in [0.05, 0.1) is 18.7 Å². The lowest BCUT2D eigenvalue weighted by molar-refractivity contribution is -0.145. The van der Waals surface area contributed by atoms with Crippen molar-refractivity contribution in [1.82, 2.24) is 35.5 Å². The predicted octanol–water partition coefficient (Wildman–Crippen LogP) is -2.44. The molecule has 0 saturated carbocycles. The maximum absolute atomic E-state index is 13.4. The number of rotatable bonds is 13. The van der Waals surface area contributed by atoms with Gasteiger partial charge >= 0.3 is 5.97 Å². The summed E-state index contributed by atoms with van der Waals surface area (Å²) in [6, 6.07) is -4.33. The standard InChI is InChI=1S/C22H31N9O6/c23-14(6-12-8-25-10-27-12)19(33)29-15(3-4-18(24)32)21(35)31-5-1-2-17(31)20(34)30-16(22(36)37)7-13-9-26-11-28-13/h8-11,14-17H,1-7,23H2,(H2,24,32)(H,25,27)(H,26,28)(H,29,33)(H,30,34)(H,36,37). The van der Waals surface area contributed by atoms with Crippen molar-refractivity contribution in [1.29, 1.82) is 0 Å².